The number of anilines is 1. The van der Waals surface area contributed by atoms with E-state index in [0.29, 0.717) is 17.7 Å². The Hall–Kier alpha value is -1.62. The molecule has 19 heavy (non-hydrogen) atoms. The summed E-state index contributed by atoms with van der Waals surface area (Å²) in [5.41, 5.74) is 2.52. The van der Waals surface area contributed by atoms with Gasteiger partial charge in [0.2, 0.25) is 5.65 Å². The van der Waals surface area contributed by atoms with Crippen LogP contribution in [0, 0.1) is 6.92 Å². The van der Waals surface area contributed by atoms with Crippen LogP contribution in [0.15, 0.2) is 16.7 Å². The normalized spacial score (nSPS) is 20.8. The van der Waals surface area contributed by atoms with Gasteiger partial charge in [-0.2, -0.15) is 4.98 Å². The Morgan fingerprint density at radius 1 is 1.53 bits per heavy atom. The van der Waals surface area contributed by atoms with Crippen molar-refractivity contribution in [3.8, 4) is 0 Å². The monoisotopic (exact) mass is 260 g/mol. The lowest BCUT2D eigenvalue weighted by atomic mass is 10.1. The van der Waals surface area contributed by atoms with Gasteiger partial charge in [0.1, 0.15) is 0 Å². The van der Waals surface area contributed by atoms with Crippen LogP contribution in [0.4, 0.5) is 6.01 Å². The SMILES string of the molecule is CCN1CCC[C@@H](Nc2nc3ncc(C)cc3o2)C1. The fourth-order valence-electron chi connectivity index (χ4n) is 2.61. The van der Waals surface area contributed by atoms with Gasteiger partial charge in [0.05, 0.1) is 0 Å². The first-order valence-electron chi connectivity index (χ1n) is 6.96. The van der Waals surface area contributed by atoms with E-state index in [1.165, 1.54) is 19.4 Å². The first kappa shape index (κ1) is 12.4. The summed E-state index contributed by atoms with van der Waals surface area (Å²) >= 11 is 0. The third-order valence-corrected chi connectivity index (χ3v) is 3.66. The molecule has 0 aliphatic carbocycles. The van der Waals surface area contributed by atoms with Gasteiger partial charge < -0.3 is 14.6 Å². The Bertz CT molecular complexity index is 566. The second-order valence-corrected chi connectivity index (χ2v) is 5.23. The number of rotatable bonds is 3. The molecule has 0 spiro atoms. The van der Waals surface area contributed by atoms with Crippen molar-refractivity contribution < 1.29 is 4.42 Å². The Morgan fingerprint density at radius 3 is 3.26 bits per heavy atom. The Balaban J connectivity index is 1.74. The molecular formula is C14H20N4O. The second-order valence-electron chi connectivity index (χ2n) is 5.23. The van der Waals surface area contributed by atoms with Crippen LogP contribution in [0.5, 0.6) is 0 Å². The third kappa shape index (κ3) is 2.71. The van der Waals surface area contributed by atoms with Crippen molar-refractivity contribution in [2.75, 3.05) is 25.0 Å². The lowest BCUT2D eigenvalue weighted by Gasteiger charge is -2.31. The number of nitrogens with one attached hydrogen (secondary N) is 1. The van der Waals surface area contributed by atoms with Gasteiger partial charge in [-0.15, -0.1) is 0 Å². The standard InChI is InChI=1S/C14H20N4O/c1-3-18-6-4-5-11(9-18)16-14-17-13-12(19-14)7-10(2)8-15-13/h7-8,11H,3-6,9H2,1-2H3,(H,15,16,17)/t11-/m1/s1. The molecule has 2 aromatic heterocycles. The van der Waals surface area contributed by atoms with E-state index >= 15 is 0 Å². The molecule has 5 heteroatoms. The zero-order valence-corrected chi connectivity index (χ0v) is 11.5. The molecule has 0 saturated carbocycles. The molecule has 2 aromatic rings. The number of aromatic nitrogens is 2. The molecule has 0 bridgehead atoms. The van der Waals surface area contributed by atoms with Crippen LogP contribution in [0.25, 0.3) is 11.2 Å². The van der Waals surface area contributed by atoms with Crippen molar-refractivity contribution >= 4 is 17.2 Å². The molecule has 0 amide bonds. The molecule has 0 radical (unpaired) electrons. The molecule has 1 aliphatic heterocycles. The van der Waals surface area contributed by atoms with E-state index in [-0.39, 0.29) is 0 Å². The van der Waals surface area contributed by atoms with Gasteiger partial charge in [0.15, 0.2) is 5.58 Å². The largest absolute Gasteiger partial charge is 0.422 e. The highest BCUT2D eigenvalue weighted by Crippen LogP contribution is 2.20. The highest BCUT2D eigenvalue weighted by atomic mass is 16.4. The van der Waals surface area contributed by atoms with Crippen LogP contribution in [-0.4, -0.2) is 40.5 Å². The van der Waals surface area contributed by atoms with Gasteiger partial charge in [-0.3, -0.25) is 0 Å². The highest BCUT2D eigenvalue weighted by Gasteiger charge is 2.20. The van der Waals surface area contributed by atoms with Crippen molar-refractivity contribution in [1.29, 1.82) is 0 Å². The zero-order chi connectivity index (χ0) is 13.2. The number of piperidine rings is 1. The van der Waals surface area contributed by atoms with Gasteiger partial charge in [-0.25, -0.2) is 4.98 Å². The first-order chi connectivity index (χ1) is 9.24. The summed E-state index contributed by atoms with van der Waals surface area (Å²) in [4.78, 5) is 11.1. The van der Waals surface area contributed by atoms with Crippen LogP contribution >= 0.6 is 0 Å². The predicted octanol–water partition coefficient (Wildman–Crippen LogP) is 2.43. The number of pyridine rings is 1. The molecule has 3 heterocycles. The molecule has 0 unspecified atom stereocenters. The lowest BCUT2D eigenvalue weighted by Crippen LogP contribution is -2.41. The van der Waals surface area contributed by atoms with Crippen molar-refractivity contribution in [1.82, 2.24) is 14.9 Å². The van der Waals surface area contributed by atoms with Crippen molar-refractivity contribution in [2.24, 2.45) is 0 Å². The number of hydrogen-bond donors (Lipinski definition) is 1. The number of oxazole rings is 1. The van der Waals surface area contributed by atoms with Crippen LogP contribution in [-0.2, 0) is 0 Å². The van der Waals surface area contributed by atoms with E-state index in [2.05, 4.69) is 27.1 Å². The number of aryl methyl sites for hydroxylation is 1. The maximum Gasteiger partial charge on any atom is 0.297 e. The van der Waals surface area contributed by atoms with Gasteiger partial charge in [0.25, 0.3) is 6.01 Å². The van der Waals surface area contributed by atoms with E-state index in [4.69, 9.17) is 4.42 Å². The van der Waals surface area contributed by atoms with Gasteiger partial charge in [0, 0.05) is 18.8 Å². The summed E-state index contributed by atoms with van der Waals surface area (Å²) in [5, 5.41) is 3.39. The molecule has 1 fully saturated rings. The fraction of sp³-hybridized carbons (Fsp3) is 0.571. The van der Waals surface area contributed by atoms with Gasteiger partial charge >= 0.3 is 0 Å². The van der Waals surface area contributed by atoms with Crippen molar-refractivity contribution in [2.45, 2.75) is 32.7 Å². The molecule has 1 saturated heterocycles. The summed E-state index contributed by atoms with van der Waals surface area (Å²) in [6.45, 7) is 7.56. The lowest BCUT2D eigenvalue weighted by molar-refractivity contribution is 0.225. The molecular weight excluding hydrogens is 240 g/mol. The Labute approximate surface area is 113 Å². The first-order valence-corrected chi connectivity index (χ1v) is 6.96. The maximum atomic E-state index is 5.72. The average molecular weight is 260 g/mol. The number of likely N-dealkylation sites (tertiary alicyclic amines) is 1. The molecule has 0 aromatic carbocycles. The summed E-state index contributed by atoms with van der Waals surface area (Å²) < 4.78 is 5.72. The molecule has 3 rings (SSSR count). The Morgan fingerprint density at radius 2 is 2.42 bits per heavy atom. The summed E-state index contributed by atoms with van der Waals surface area (Å²) in [7, 11) is 0. The Kier molecular flexibility index (Phi) is 3.38. The predicted molar refractivity (Wildman–Crippen MR) is 75.3 cm³/mol. The fourth-order valence-corrected chi connectivity index (χ4v) is 2.61. The molecule has 102 valence electrons. The summed E-state index contributed by atoms with van der Waals surface area (Å²) in [5.74, 6) is 0. The maximum absolute atomic E-state index is 5.72. The number of fused-ring (bicyclic) bond motifs is 1. The van der Waals surface area contributed by atoms with Crippen molar-refractivity contribution in [3.63, 3.8) is 0 Å². The summed E-state index contributed by atoms with van der Waals surface area (Å²) in [6, 6.07) is 2.98. The number of nitrogens with zero attached hydrogens (tertiary/aromatic N) is 3. The van der Waals surface area contributed by atoms with E-state index in [0.717, 1.165) is 24.2 Å². The topological polar surface area (TPSA) is 54.2 Å². The van der Waals surface area contributed by atoms with E-state index in [9.17, 15) is 0 Å². The third-order valence-electron chi connectivity index (χ3n) is 3.66. The van der Waals surface area contributed by atoms with Crippen LogP contribution < -0.4 is 5.32 Å². The van der Waals surface area contributed by atoms with Gasteiger partial charge in [-0.1, -0.05) is 6.92 Å². The van der Waals surface area contributed by atoms with E-state index in [1.54, 1.807) is 0 Å². The number of hydrogen-bond acceptors (Lipinski definition) is 5. The zero-order valence-electron chi connectivity index (χ0n) is 11.5. The second kappa shape index (κ2) is 5.17. The minimum atomic E-state index is 0.419. The van der Waals surface area contributed by atoms with E-state index < -0.39 is 0 Å². The summed E-state index contributed by atoms with van der Waals surface area (Å²) in [6.07, 6.45) is 4.21. The molecule has 1 atom stereocenters. The minimum Gasteiger partial charge on any atom is -0.422 e. The quantitative estimate of drug-likeness (QED) is 0.918. The van der Waals surface area contributed by atoms with Crippen molar-refractivity contribution in [3.05, 3.63) is 17.8 Å². The molecule has 1 aliphatic rings. The van der Waals surface area contributed by atoms with Crippen LogP contribution in [0.2, 0.25) is 0 Å². The highest BCUT2D eigenvalue weighted by molar-refractivity contribution is 5.70. The number of likely N-dealkylation sites (N-methyl/N-ethyl adjacent to an activating group) is 1. The van der Waals surface area contributed by atoms with Crippen LogP contribution in [0.1, 0.15) is 25.3 Å². The average Bonchev–Trinajstić information content (AvgIpc) is 2.80. The molecule has 1 N–H and O–H groups in total. The minimum absolute atomic E-state index is 0.419. The van der Waals surface area contributed by atoms with Gasteiger partial charge in [-0.05, 0) is 44.5 Å². The van der Waals surface area contributed by atoms with E-state index in [1.807, 2.05) is 19.2 Å². The van der Waals surface area contributed by atoms with Crippen LogP contribution in [0.3, 0.4) is 0 Å². The smallest absolute Gasteiger partial charge is 0.297 e. The molecule has 5 nitrogen and oxygen atoms in total.